The summed E-state index contributed by atoms with van der Waals surface area (Å²) < 4.78 is 0. The molecule has 0 saturated carbocycles. The van der Waals surface area contributed by atoms with Gasteiger partial charge < -0.3 is 21.5 Å². The molecule has 1 fully saturated rings. The summed E-state index contributed by atoms with van der Waals surface area (Å²) in [5.74, 6) is -0.0457. The monoisotopic (exact) mass is 518 g/mol. The fraction of sp³-hybridized carbons (Fsp3) is 0.538. The maximum atomic E-state index is 13.2. The average molecular weight is 519 g/mol. The quantitative estimate of drug-likeness (QED) is 0.245. The Hall–Kier alpha value is -1.78. The maximum absolute atomic E-state index is 13.2. The second-order valence-electron chi connectivity index (χ2n) is 9.23. The number of fused-ring (bicyclic) bond motifs is 1. The second kappa shape index (κ2) is 14.1. The summed E-state index contributed by atoms with van der Waals surface area (Å²) in [5.41, 5.74) is 7.49. The van der Waals surface area contributed by atoms with Crippen molar-refractivity contribution in [3.8, 4) is 0 Å². The molecular formula is C26H38N4O3S2. The summed E-state index contributed by atoms with van der Waals surface area (Å²) in [6, 6.07) is 13.7. The fourth-order valence-electron chi connectivity index (χ4n) is 4.85. The average Bonchev–Trinajstić information content (AvgIpc) is 3.39. The molecule has 3 rings (SSSR count). The number of nitrogens with zero attached hydrogens (tertiary/aromatic N) is 1. The fourth-order valence-corrected chi connectivity index (χ4v) is 5.47. The molecule has 1 aliphatic heterocycles. The van der Waals surface area contributed by atoms with Crippen LogP contribution >= 0.6 is 24.4 Å². The summed E-state index contributed by atoms with van der Waals surface area (Å²) >= 11 is 5.98. The third-order valence-electron chi connectivity index (χ3n) is 6.65. The molecule has 0 aromatic heterocycles. The zero-order valence-corrected chi connectivity index (χ0v) is 22.1. The zero-order chi connectivity index (χ0) is 25.2. The summed E-state index contributed by atoms with van der Waals surface area (Å²) in [5, 5.41) is 18.3. The van der Waals surface area contributed by atoms with Crippen molar-refractivity contribution in [3.63, 3.8) is 0 Å². The molecule has 0 bridgehead atoms. The van der Waals surface area contributed by atoms with Crippen molar-refractivity contribution in [1.82, 2.24) is 15.5 Å². The van der Waals surface area contributed by atoms with Crippen LogP contribution in [0.1, 0.15) is 31.2 Å². The van der Waals surface area contributed by atoms with Gasteiger partial charge in [0.15, 0.2) is 0 Å². The second-order valence-corrected chi connectivity index (χ2v) is 10.6. The number of carboxylic acid groups (broad SMARTS) is 1. The minimum atomic E-state index is -1.00. The van der Waals surface area contributed by atoms with Crippen LogP contribution in [-0.4, -0.2) is 76.9 Å². The van der Waals surface area contributed by atoms with Crippen molar-refractivity contribution in [2.45, 2.75) is 56.4 Å². The van der Waals surface area contributed by atoms with Crippen LogP contribution in [0.2, 0.25) is 0 Å². The lowest BCUT2D eigenvalue weighted by Crippen LogP contribution is -2.54. The first-order valence-corrected chi connectivity index (χ1v) is 14.3. The van der Waals surface area contributed by atoms with Crippen LogP contribution < -0.4 is 16.4 Å². The van der Waals surface area contributed by atoms with Crippen LogP contribution in [0.5, 0.6) is 0 Å². The van der Waals surface area contributed by atoms with E-state index in [1.807, 2.05) is 24.5 Å². The Kier molecular flexibility index (Phi) is 11.2. The predicted octanol–water partition coefficient (Wildman–Crippen LogP) is 2.73. The van der Waals surface area contributed by atoms with E-state index in [-0.39, 0.29) is 30.6 Å². The van der Waals surface area contributed by atoms with E-state index in [0.29, 0.717) is 30.9 Å². The van der Waals surface area contributed by atoms with Gasteiger partial charge in [0.05, 0.1) is 6.54 Å². The van der Waals surface area contributed by atoms with Crippen LogP contribution in [0.4, 0.5) is 0 Å². The molecule has 192 valence electrons. The Morgan fingerprint density at radius 2 is 2.06 bits per heavy atom. The van der Waals surface area contributed by atoms with Crippen LogP contribution in [-0.2, 0) is 16.1 Å². The van der Waals surface area contributed by atoms with Gasteiger partial charge in [0.2, 0.25) is 5.91 Å². The normalized spacial score (nSPS) is 18.5. The SMILES string of the molecule is CSCC[C@H](NC(=O)CN(Cc1cccc2ccccc12)C(C[C@@H](N)CS)[C@@H]1CCCN1)C(=O)O. The summed E-state index contributed by atoms with van der Waals surface area (Å²) in [7, 11) is 0. The molecule has 1 amide bonds. The summed E-state index contributed by atoms with van der Waals surface area (Å²) in [4.78, 5) is 27.1. The van der Waals surface area contributed by atoms with Crippen LogP contribution in [0.15, 0.2) is 42.5 Å². The molecule has 1 heterocycles. The van der Waals surface area contributed by atoms with E-state index in [4.69, 9.17) is 5.73 Å². The predicted molar refractivity (Wildman–Crippen MR) is 148 cm³/mol. The highest BCUT2D eigenvalue weighted by Gasteiger charge is 2.33. The van der Waals surface area contributed by atoms with Gasteiger partial charge in [0, 0.05) is 30.4 Å². The Morgan fingerprint density at radius 3 is 2.74 bits per heavy atom. The molecular weight excluding hydrogens is 480 g/mol. The lowest BCUT2D eigenvalue weighted by atomic mass is 9.96. The molecule has 1 saturated heterocycles. The maximum Gasteiger partial charge on any atom is 0.326 e. The number of nitrogens with one attached hydrogen (secondary N) is 2. The lowest BCUT2D eigenvalue weighted by molar-refractivity contribution is -0.142. The standard InChI is InChI=1S/C26H38N4O3S2/c1-35-13-11-23(26(32)33)29-25(31)16-30(24(14-20(27)17-34)22-10-5-12-28-22)15-19-8-4-7-18-6-2-3-9-21(18)19/h2-4,6-9,20,22-24,28,34H,5,10-17,27H2,1H3,(H,29,31)(H,32,33)/t20-,22+,23+,24?/m1/s1. The first-order chi connectivity index (χ1) is 16.9. The molecule has 2 aromatic carbocycles. The van der Waals surface area contributed by atoms with Gasteiger partial charge in [-0.3, -0.25) is 9.69 Å². The number of amides is 1. The topological polar surface area (TPSA) is 108 Å². The van der Waals surface area contributed by atoms with Crippen LogP contribution in [0.3, 0.4) is 0 Å². The lowest BCUT2D eigenvalue weighted by Gasteiger charge is -2.37. The molecule has 4 atom stereocenters. The van der Waals surface area contributed by atoms with Gasteiger partial charge in [-0.15, -0.1) is 0 Å². The van der Waals surface area contributed by atoms with Crippen LogP contribution in [0, 0.1) is 0 Å². The highest BCUT2D eigenvalue weighted by molar-refractivity contribution is 7.98. The Balaban J connectivity index is 1.88. The number of rotatable bonds is 14. The zero-order valence-electron chi connectivity index (χ0n) is 20.4. The van der Waals surface area contributed by atoms with E-state index in [1.165, 1.54) is 0 Å². The number of hydrogen-bond donors (Lipinski definition) is 5. The number of hydrogen-bond acceptors (Lipinski definition) is 7. The van der Waals surface area contributed by atoms with Gasteiger partial charge in [-0.2, -0.15) is 24.4 Å². The largest absolute Gasteiger partial charge is 0.480 e. The molecule has 1 unspecified atom stereocenters. The minimum Gasteiger partial charge on any atom is -0.480 e. The van der Waals surface area contributed by atoms with Crippen LogP contribution in [0.25, 0.3) is 10.8 Å². The smallest absolute Gasteiger partial charge is 0.326 e. The van der Waals surface area contributed by atoms with E-state index in [1.54, 1.807) is 11.8 Å². The van der Waals surface area contributed by atoms with Gasteiger partial charge in [-0.25, -0.2) is 4.79 Å². The third-order valence-corrected chi connectivity index (χ3v) is 7.77. The van der Waals surface area contributed by atoms with E-state index in [2.05, 4.69) is 52.4 Å². The van der Waals surface area contributed by atoms with Crippen molar-refractivity contribution in [1.29, 1.82) is 0 Å². The van der Waals surface area contributed by atoms with Gasteiger partial charge in [-0.1, -0.05) is 42.5 Å². The number of aliphatic carboxylic acids is 1. The minimum absolute atomic E-state index is 0.0267. The van der Waals surface area contributed by atoms with E-state index >= 15 is 0 Å². The molecule has 9 heteroatoms. The third kappa shape index (κ3) is 8.11. The van der Waals surface area contributed by atoms with E-state index < -0.39 is 12.0 Å². The molecule has 0 radical (unpaired) electrons. The number of thioether (sulfide) groups is 1. The first kappa shape index (κ1) is 27.8. The molecule has 5 N–H and O–H groups in total. The molecule has 0 aliphatic carbocycles. The number of carbonyl (C=O) groups excluding carboxylic acids is 1. The van der Waals surface area contributed by atoms with Crippen molar-refractivity contribution in [2.24, 2.45) is 5.73 Å². The molecule has 2 aromatic rings. The van der Waals surface area contributed by atoms with Gasteiger partial charge in [-0.05, 0) is 60.6 Å². The van der Waals surface area contributed by atoms with E-state index in [9.17, 15) is 14.7 Å². The first-order valence-electron chi connectivity index (χ1n) is 12.2. The summed E-state index contributed by atoms with van der Waals surface area (Å²) in [6.07, 6.45) is 5.12. The Morgan fingerprint density at radius 1 is 1.29 bits per heavy atom. The highest BCUT2D eigenvalue weighted by Crippen LogP contribution is 2.25. The van der Waals surface area contributed by atoms with Gasteiger partial charge >= 0.3 is 5.97 Å². The van der Waals surface area contributed by atoms with Gasteiger partial charge in [0.1, 0.15) is 6.04 Å². The van der Waals surface area contributed by atoms with Crippen molar-refractivity contribution < 1.29 is 14.7 Å². The van der Waals surface area contributed by atoms with E-state index in [0.717, 1.165) is 35.7 Å². The number of nitrogens with two attached hydrogens (primary N) is 1. The van der Waals surface area contributed by atoms with Gasteiger partial charge in [0.25, 0.3) is 0 Å². The number of thiol groups is 1. The molecule has 35 heavy (non-hydrogen) atoms. The highest BCUT2D eigenvalue weighted by atomic mass is 32.2. The molecule has 1 aliphatic rings. The Labute approximate surface area is 218 Å². The van der Waals surface area contributed by atoms with Crippen molar-refractivity contribution in [2.75, 3.05) is 30.9 Å². The number of benzene rings is 2. The summed E-state index contributed by atoms with van der Waals surface area (Å²) in [6.45, 7) is 1.62. The Bertz CT molecular complexity index is 965. The number of carbonyl (C=O) groups is 2. The number of carboxylic acids is 1. The van der Waals surface area contributed by atoms with Crippen molar-refractivity contribution in [3.05, 3.63) is 48.0 Å². The molecule has 0 spiro atoms. The van der Waals surface area contributed by atoms with Crippen molar-refractivity contribution >= 4 is 47.0 Å². The molecule has 7 nitrogen and oxygen atoms in total.